The Kier molecular flexibility index (Phi) is 4.08. The summed E-state index contributed by atoms with van der Waals surface area (Å²) >= 11 is 0. The van der Waals surface area contributed by atoms with Crippen LogP contribution in [-0.4, -0.2) is 22.0 Å². The van der Waals surface area contributed by atoms with Gasteiger partial charge in [0.25, 0.3) is 0 Å². The Balaban J connectivity index is 2.22. The summed E-state index contributed by atoms with van der Waals surface area (Å²) in [6.07, 6.45) is 3.72. The van der Waals surface area contributed by atoms with Crippen molar-refractivity contribution in [1.29, 1.82) is 0 Å². The number of carboxylic acid groups (broad SMARTS) is 1. The van der Waals surface area contributed by atoms with Crippen LogP contribution in [-0.2, 0) is 11.2 Å². The summed E-state index contributed by atoms with van der Waals surface area (Å²) in [7, 11) is 0. The lowest BCUT2D eigenvalue weighted by Crippen LogP contribution is -2.05. The summed E-state index contributed by atoms with van der Waals surface area (Å²) in [6, 6.07) is 7.13. The third-order valence-electron chi connectivity index (χ3n) is 2.87. The molecule has 108 valence electrons. The van der Waals surface area contributed by atoms with Crippen molar-refractivity contribution in [3.05, 3.63) is 65.3 Å². The van der Waals surface area contributed by atoms with E-state index in [-0.39, 0.29) is 5.56 Å². The van der Waals surface area contributed by atoms with Crippen LogP contribution in [0.2, 0.25) is 0 Å². The first-order valence-corrected chi connectivity index (χ1v) is 6.05. The Morgan fingerprint density at radius 2 is 1.81 bits per heavy atom. The molecule has 6 nitrogen and oxygen atoms in total. The van der Waals surface area contributed by atoms with E-state index in [1.807, 2.05) is 12.1 Å². The van der Waals surface area contributed by atoms with Gasteiger partial charge in [-0.3, -0.25) is 4.79 Å². The molecule has 2 rings (SSSR count). The van der Waals surface area contributed by atoms with Gasteiger partial charge >= 0.3 is 5.97 Å². The quantitative estimate of drug-likeness (QED) is 0.336. The van der Waals surface area contributed by atoms with E-state index in [4.69, 9.17) is 20.4 Å². The molecule has 0 bridgehead atoms. The predicted octanol–water partition coefficient (Wildman–Crippen LogP) is 2.16. The standard InChI is InChI=1S/C15H13NO5/c16-11-3-1-9(2-4-11)5-10-7-21-8-12(10)13(17)6-14(18)15(19)20/h1-4,6-8,18H,5,16H2,(H,19,20)/b14-6-. The van der Waals surface area contributed by atoms with Gasteiger partial charge in [-0.1, -0.05) is 12.1 Å². The Hall–Kier alpha value is -3.02. The summed E-state index contributed by atoms with van der Waals surface area (Å²) in [4.78, 5) is 22.4. The minimum Gasteiger partial charge on any atom is -0.502 e. The largest absolute Gasteiger partial charge is 0.502 e. The third-order valence-corrected chi connectivity index (χ3v) is 2.87. The van der Waals surface area contributed by atoms with Gasteiger partial charge in [0.05, 0.1) is 11.8 Å². The highest BCUT2D eigenvalue weighted by atomic mass is 16.4. The van der Waals surface area contributed by atoms with Crippen molar-refractivity contribution in [3.63, 3.8) is 0 Å². The molecule has 1 aromatic carbocycles. The molecule has 21 heavy (non-hydrogen) atoms. The van der Waals surface area contributed by atoms with E-state index < -0.39 is 17.5 Å². The van der Waals surface area contributed by atoms with Gasteiger partial charge in [0.1, 0.15) is 6.26 Å². The highest BCUT2D eigenvalue weighted by Crippen LogP contribution is 2.18. The minimum atomic E-state index is -1.56. The SMILES string of the molecule is Nc1ccc(Cc2cocc2C(=O)/C=C(\O)C(=O)O)cc1. The number of anilines is 1. The normalized spacial score (nSPS) is 11.3. The number of allylic oxidation sites excluding steroid dienone is 1. The second kappa shape index (κ2) is 5.96. The molecule has 0 unspecified atom stereocenters. The zero-order chi connectivity index (χ0) is 15.4. The molecule has 0 saturated heterocycles. The fourth-order valence-electron chi connectivity index (χ4n) is 1.80. The van der Waals surface area contributed by atoms with Crippen molar-refractivity contribution in [1.82, 2.24) is 0 Å². The number of hydrogen-bond donors (Lipinski definition) is 3. The number of carboxylic acids is 1. The average molecular weight is 287 g/mol. The van der Waals surface area contributed by atoms with E-state index >= 15 is 0 Å². The summed E-state index contributed by atoms with van der Waals surface area (Å²) in [5.41, 5.74) is 7.96. The number of nitrogens with two attached hydrogens (primary N) is 1. The Morgan fingerprint density at radius 1 is 1.14 bits per heavy atom. The van der Waals surface area contributed by atoms with E-state index in [1.54, 1.807) is 12.1 Å². The molecule has 0 aliphatic rings. The monoisotopic (exact) mass is 287 g/mol. The minimum absolute atomic E-state index is 0.208. The number of furan rings is 1. The molecular formula is C15H13NO5. The highest BCUT2D eigenvalue weighted by Gasteiger charge is 2.15. The van der Waals surface area contributed by atoms with E-state index in [0.29, 0.717) is 23.7 Å². The molecule has 0 atom stereocenters. The second-order valence-corrected chi connectivity index (χ2v) is 4.43. The molecule has 0 radical (unpaired) electrons. The molecule has 2 aromatic rings. The van der Waals surface area contributed by atoms with Gasteiger partial charge in [0.2, 0.25) is 5.76 Å². The molecule has 0 saturated carbocycles. The predicted molar refractivity (Wildman–Crippen MR) is 75.0 cm³/mol. The lowest BCUT2D eigenvalue weighted by Gasteiger charge is -2.02. The number of rotatable bonds is 5. The molecule has 0 fully saturated rings. The van der Waals surface area contributed by atoms with Gasteiger partial charge in [0, 0.05) is 23.7 Å². The van der Waals surface area contributed by atoms with Crippen molar-refractivity contribution in [2.45, 2.75) is 6.42 Å². The van der Waals surface area contributed by atoms with Gasteiger partial charge < -0.3 is 20.4 Å². The van der Waals surface area contributed by atoms with Crippen molar-refractivity contribution >= 4 is 17.4 Å². The lowest BCUT2D eigenvalue weighted by molar-refractivity contribution is -0.135. The van der Waals surface area contributed by atoms with E-state index in [0.717, 1.165) is 5.56 Å². The van der Waals surface area contributed by atoms with Gasteiger partial charge in [-0.2, -0.15) is 0 Å². The van der Waals surface area contributed by atoms with E-state index in [9.17, 15) is 9.59 Å². The number of benzene rings is 1. The third kappa shape index (κ3) is 3.50. The molecule has 1 aromatic heterocycles. The van der Waals surface area contributed by atoms with Crippen LogP contribution in [0, 0.1) is 0 Å². The molecular weight excluding hydrogens is 274 g/mol. The maximum atomic E-state index is 11.9. The Morgan fingerprint density at radius 3 is 2.43 bits per heavy atom. The van der Waals surface area contributed by atoms with Crippen LogP contribution in [0.3, 0.4) is 0 Å². The topological polar surface area (TPSA) is 114 Å². The molecule has 6 heteroatoms. The number of carbonyl (C=O) groups is 2. The zero-order valence-electron chi connectivity index (χ0n) is 10.9. The number of aliphatic hydroxyl groups is 1. The van der Waals surface area contributed by atoms with E-state index in [2.05, 4.69) is 0 Å². The molecule has 0 aliphatic carbocycles. The average Bonchev–Trinajstić information content (AvgIpc) is 2.89. The van der Waals surface area contributed by atoms with Gasteiger partial charge in [-0.15, -0.1) is 0 Å². The van der Waals surface area contributed by atoms with Gasteiger partial charge in [-0.05, 0) is 17.7 Å². The maximum absolute atomic E-state index is 11.9. The van der Waals surface area contributed by atoms with Crippen molar-refractivity contribution in [2.24, 2.45) is 0 Å². The number of hydrogen-bond acceptors (Lipinski definition) is 5. The van der Waals surface area contributed by atoms with Crippen LogP contribution in [0.15, 0.2) is 53.0 Å². The van der Waals surface area contributed by atoms with Crippen LogP contribution in [0.1, 0.15) is 21.5 Å². The first-order valence-electron chi connectivity index (χ1n) is 6.05. The van der Waals surface area contributed by atoms with Crippen LogP contribution in [0.5, 0.6) is 0 Å². The summed E-state index contributed by atoms with van der Waals surface area (Å²) in [6.45, 7) is 0. The summed E-state index contributed by atoms with van der Waals surface area (Å²) < 4.78 is 5.00. The number of aliphatic hydroxyl groups excluding tert-OH is 1. The van der Waals surface area contributed by atoms with Crippen LogP contribution in [0.25, 0.3) is 0 Å². The first-order chi connectivity index (χ1) is 9.97. The zero-order valence-corrected chi connectivity index (χ0v) is 10.9. The second-order valence-electron chi connectivity index (χ2n) is 4.43. The summed E-state index contributed by atoms with van der Waals surface area (Å²) in [5.74, 6) is -3.21. The smallest absolute Gasteiger partial charge is 0.371 e. The van der Waals surface area contributed by atoms with Crippen LogP contribution < -0.4 is 5.73 Å². The number of aliphatic carboxylic acids is 1. The maximum Gasteiger partial charge on any atom is 0.371 e. The molecule has 0 aliphatic heterocycles. The highest BCUT2D eigenvalue weighted by molar-refractivity contribution is 6.08. The molecule has 0 spiro atoms. The van der Waals surface area contributed by atoms with Crippen molar-refractivity contribution in [2.75, 3.05) is 5.73 Å². The van der Waals surface area contributed by atoms with Crippen molar-refractivity contribution in [3.8, 4) is 0 Å². The first kappa shape index (κ1) is 14.4. The van der Waals surface area contributed by atoms with Crippen molar-refractivity contribution < 1.29 is 24.2 Å². The Bertz CT molecular complexity index is 697. The summed E-state index contributed by atoms with van der Waals surface area (Å²) in [5, 5.41) is 17.7. The lowest BCUT2D eigenvalue weighted by atomic mass is 10.0. The molecule has 0 amide bonds. The molecule has 4 N–H and O–H groups in total. The Labute approximate surface area is 120 Å². The van der Waals surface area contributed by atoms with Crippen LogP contribution >= 0.6 is 0 Å². The van der Waals surface area contributed by atoms with Gasteiger partial charge in [0.15, 0.2) is 5.78 Å². The number of ketones is 1. The molecule has 1 heterocycles. The fraction of sp³-hybridized carbons (Fsp3) is 0.0667. The van der Waals surface area contributed by atoms with Gasteiger partial charge in [-0.25, -0.2) is 4.79 Å². The number of carbonyl (C=O) groups excluding carboxylic acids is 1. The fourth-order valence-corrected chi connectivity index (χ4v) is 1.80. The van der Waals surface area contributed by atoms with E-state index in [1.165, 1.54) is 12.5 Å². The number of nitrogen functional groups attached to an aromatic ring is 1. The van der Waals surface area contributed by atoms with Crippen LogP contribution in [0.4, 0.5) is 5.69 Å².